The zero-order valence-electron chi connectivity index (χ0n) is 16.4. The Bertz CT molecular complexity index is 918. The maximum absolute atomic E-state index is 12.5. The van der Waals surface area contributed by atoms with Gasteiger partial charge in [-0.15, -0.1) is 0 Å². The van der Waals surface area contributed by atoms with Crippen LogP contribution in [-0.2, 0) is 20.7 Å². The minimum Gasteiger partial charge on any atom is -0.461 e. The normalized spacial score (nSPS) is 20.0. The molecule has 1 aliphatic heterocycles. The molecule has 0 aromatic heterocycles. The van der Waals surface area contributed by atoms with Crippen LogP contribution in [0.5, 0.6) is 0 Å². The molecule has 1 aromatic carbocycles. The highest BCUT2D eigenvalue weighted by molar-refractivity contribution is 6.30. The lowest BCUT2D eigenvalue weighted by atomic mass is 9.84. The van der Waals surface area contributed by atoms with Gasteiger partial charge in [0.05, 0.1) is 12.3 Å². The average molecular weight is 414 g/mol. The van der Waals surface area contributed by atoms with E-state index in [0.717, 1.165) is 11.1 Å². The van der Waals surface area contributed by atoms with Crippen molar-refractivity contribution in [2.75, 3.05) is 7.05 Å². The maximum Gasteiger partial charge on any atom is 0.242 e. The molecule has 29 heavy (non-hydrogen) atoms. The molecule has 7 heteroatoms. The number of ether oxygens (including phenoxy) is 1. The van der Waals surface area contributed by atoms with Crippen LogP contribution in [0.2, 0.25) is 5.02 Å². The molecule has 0 fully saturated rings. The van der Waals surface area contributed by atoms with Gasteiger partial charge in [-0.05, 0) is 56.2 Å². The van der Waals surface area contributed by atoms with Crippen molar-refractivity contribution >= 4 is 29.5 Å². The number of Topliss-reactive ketones (excluding diaryl/α,β-unsaturated/α-hetero) is 1. The number of ketones is 1. The number of hydrogen-bond donors (Lipinski definition) is 2. The first-order chi connectivity index (χ1) is 14.0. The fraction of sp³-hybridized carbons (Fsp3) is 0.318. The highest BCUT2D eigenvalue weighted by Gasteiger charge is 2.27. The second-order valence-corrected chi connectivity index (χ2v) is 7.44. The van der Waals surface area contributed by atoms with Gasteiger partial charge in [0.2, 0.25) is 5.91 Å². The standard InChI is InChI=1S/C22H24ClN3O3/c1-14(24-2)22(28)26-21-20(29-10-4-9-25-21)16-7-8-19(27)17(13-16)11-15-5-3-6-18(23)12-15/h3-6,9-10,12-14,17,24H,7-8,11H2,1-2H3,(H,26,28)/t14-,17-/m0/s1. The summed E-state index contributed by atoms with van der Waals surface area (Å²) >= 11 is 6.08. The third-order valence-corrected chi connectivity index (χ3v) is 5.17. The van der Waals surface area contributed by atoms with Crippen LogP contribution in [0.1, 0.15) is 25.3 Å². The van der Waals surface area contributed by atoms with Crippen LogP contribution in [-0.4, -0.2) is 31.0 Å². The summed E-state index contributed by atoms with van der Waals surface area (Å²) in [4.78, 5) is 29.2. The monoisotopic (exact) mass is 413 g/mol. The first-order valence-electron chi connectivity index (χ1n) is 9.54. The van der Waals surface area contributed by atoms with Crippen molar-refractivity contribution in [1.29, 1.82) is 0 Å². The van der Waals surface area contributed by atoms with Crippen molar-refractivity contribution in [1.82, 2.24) is 10.6 Å². The lowest BCUT2D eigenvalue weighted by Crippen LogP contribution is -2.40. The molecular formula is C22H24ClN3O3. The lowest BCUT2D eigenvalue weighted by Gasteiger charge is -2.22. The fourth-order valence-corrected chi connectivity index (χ4v) is 3.40. The van der Waals surface area contributed by atoms with Gasteiger partial charge in [0.15, 0.2) is 11.6 Å². The van der Waals surface area contributed by atoms with Crippen LogP contribution in [0.25, 0.3) is 0 Å². The maximum atomic E-state index is 12.5. The second-order valence-electron chi connectivity index (χ2n) is 7.00. The first kappa shape index (κ1) is 21.0. The molecular weight excluding hydrogens is 390 g/mol. The van der Waals surface area contributed by atoms with Gasteiger partial charge in [0.1, 0.15) is 5.78 Å². The summed E-state index contributed by atoms with van der Waals surface area (Å²) in [5.74, 6) is 0.485. The molecule has 1 aromatic rings. The fourth-order valence-electron chi connectivity index (χ4n) is 3.19. The average Bonchev–Trinajstić information content (AvgIpc) is 2.94. The summed E-state index contributed by atoms with van der Waals surface area (Å²) in [6.45, 7) is 1.76. The third kappa shape index (κ3) is 5.43. The molecule has 2 aliphatic rings. The van der Waals surface area contributed by atoms with Crippen LogP contribution in [0, 0.1) is 5.92 Å². The Kier molecular flexibility index (Phi) is 7.01. The quantitative estimate of drug-likeness (QED) is 0.749. The van der Waals surface area contributed by atoms with Crippen molar-refractivity contribution in [2.45, 2.75) is 32.2 Å². The van der Waals surface area contributed by atoms with E-state index in [1.165, 1.54) is 6.26 Å². The van der Waals surface area contributed by atoms with Crippen LogP contribution >= 0.6 is 11.6 Å². The van der Waals surface area contributed by atoms with Gasteiger partial charge >= 0.3 is 0 Å². The lowest BCUT2D eigenvalue weighted by molar-refractivity contribution is -0.122. The van der Waals surface area contributed by atoms with Gasteiger partial charge in [-0.25, -0.2) is 4.99 Å². The van der Waals surface area contributed by atoms with E-state index in [1.807, 2.05) is 30.3 Å². The number of halogens is 1. The molecule has 2 N–H and O–H groups in total. The smallest absolute Gasteiger partial charge is 0.242 e. The van der Waals surface area contributed by atoms with Gasteiger partial charge in [-0.2, -0.15) is 0 Å². The molecule has 0 saturated carbocycles. The van der Waals surface area contributed by atoms with Gasteiger partial charge in [-0.3, -0.25) is 9.59 Å². The Morgan fingerprint density at radius 1 is 1.38 bits per heavy atom. The Morgan fingerprint density at radius 3 is 2.97 bits per heavy atom. The van der Waals surface area contributed by atoms with Crippen molar-refractivity contribution < 1.29 is 14.3 Å². The predicted molar refractivity (Wildman–Crippen MR) is 113 cm³/mol. The van der Waals surface area contributed by atoms with E-state index in [9.17, 15) is 9.59 Å². The number of nitrogens with zero attached hydrogens (tertiary/aromatic N) is 1. The number of amides is 1. The number of aliphatic imine (C=N–C) groups is 1. The van der Waals surface area contributed by atoms with Crippen LogP contribution in [0.4, 0.5) is 0 Å². The van der Waals surface area contributed by atoms with Crippen molar-refractivity contribution in [3.05, 3.63) is 70.4 Å². The highest BCUT2D eigenvalue weighted by atomic mass is 35.5. The number of likely N-dealkylation sites (N-methyl/N-ethyl adjacent to an activating group) is 1. The molecule has 6 nitrogen and oxygen atoms in total. The molecule has 1 aliphatic carbocycles. The molecule has 152 valence electrons. The van der Waals surface area contributed by atoms with Gasteiger partial charge in [0.25, 0.3) is 0 Å². The summed E-state index contributed by atoms with van der Waals surface area (Å²) < 4.78 is 5.76. The number of allylic oxidation sites excluding steroid dienone is 3. The molecule has 0 bridgehead atoms. The van der Waals surface area contributed by atoms with E-state index >= 15 is 0 Å². The van der Waals surface area contributed by atoms with E-state index in [4.69, 9.17) is 16.3 Å². The number of rotatable bonds is 6. The minimum atomic E-state index is -0.382. The summed E-state index contributed by atoms with van der Waals surface area (Å²) in [6, 6.07) is 7.14. The third-order valence-electron chi connectivity index (χ3n) is 4.93. The number of benzene rings is 1. The predicted octanol–water partition coefficient (Wildman–Crippen LogP) is 3.30. The molecule has 3 rings (SSSR count). The SMILES string of the molecule is CN[C@@H](C)C(=O)NC1=C(C2=C[C@H](Cc3cccc(Cl)c3)C(=O)CC2)OC=CC=N1. The first-order valence-corrected chi connectivity index (χ1v) is 9.92. The molecule has 0 spiro atoms. The Morgan fingerprint density at radius 2 is 2.21 bits per heavy atom. The second kappa shape index (κ2) is 9.67. The van der Waals surface area contributed by atoms with Crippen LogP contribution in [0.3, 0.4) is 0 Å². The molecule has 1 heterocycles. The summed E-state index contributed by atoms with van der Waals surface area (Å²) in [5.41, 5.74) is 1.85. The highest BCUT2D eigenvalue weighted by Crippen LogP contribution is 2.31. The molecule has 0 saturated heterocycles. The van der Waals surface area contributed by atoms with Crippen molar-refractivity contribution in [2.24, 2.45) is 10.9 Å². The Balaban J connectivity index is 1.89. The Labute approximate surface area is 175 Å². The van der Waals surface area contributed by atoms with E-state index in [1.54, 1.807) is 26.3 Å². The van der Waals surface area contributed by atoms with E-state index in [-0.39, 0.29) is 23.7 Å². The van der Waals surface area contributed by atoms with Crippen LogP contribution < -0.4 is 10.6 Å². The molecule has 0 radical (unpaired) electrons. The van der Waals surface area contributed by atoms with Crippen molar-refractivity contribution in [3.63, 3.8) is 0 Å². The number of hydrogen-bond acceptors (Lipinski definition) is 5. The summed E-state index contributed by atoms with van der Waals surface area (Å²) in [6.07, 6.45) is 8.15. The van der Waals surface area contributed by atoms with Crippen LogP contribution in [0.15, 0.2) is 64.8 Å². The zero-order chi connectivity index (χ0) is 20.8. The van der Waals surface area contributed by atoms with Crippen molar-refractivity contribution in [3.8, 4) is 0 Å². The van der Waals surface area contributed by atoms with Gasteiger partial charge < -0.3 is 15.4 Å². The summed E-state index contributed by atoms with van der Waals surface area (Å²) in [5, 5.41) is 6.35. The summed E-state index contributed by atoms with van der Waals surface area (Å²) in [7, 11) is 1.71. The topological polar surface area (TPSA) is 79.8 Å². The number of carbonyl (C=O) groups excluding carboxylic acids is 2. The number of nitrogens with one attached hydrogen (secondary N) is 2. The Hall–Kier alpha value is -2.70. The zero-order valence-corrected chi connectivity index (χ0v) is 17.2. The van der Waals surface area contributed by atoms with E-state index in [2.05, 4.69) is 15.6 Å². The number of carbonyl (C=O) groups is 2. The molecule has 2 atom stereocenters. The minimum absolute atomic E-state index is 0.177. The van der Waals surface area contributed by atoms with Gasteiger partial charge in [0, 0.05) is 23.6 Å². The molecule has 0 unspecified atom stereocenters. The molecule has 1 amide bonds. The van der Waals surface area contributed by atoms with Gasteiger partial charge in [-0.1, -0.05) is 29.8 Å². The largest absolute Gasteiger partial charge is 0.461 e. The van der Waals surface area contributed by atoms with E-state index < -0.39 is 0 Å². The van der Waals surface area contributed by atoms with E-state index in [0.29, 0.717) is 35.9 Å².